The van der Waals surface area contributed by atoms with Crippen LogP contribution in [0.2, 0.25) is 0 Å². The summed E-state index contributed by atoms with van der Waals surface area (Å²) in [5.41, 5.74) is 0.852. The van der Waals surface area contributed by atoms with Gasteiger partial charge >= 0.3 is 0 Å². The molecule has 2 aliphatic heterocycles. The quantitative estimate of drug-likeness (QED) is 0.463. The number of carbonyl (C=O) groups is 1. The van der Waals surface area contributed by atoms with E-state index in [1.165, 1.54) is 29.2 Å². The Balaban J connectivity index is 1.87. The van der Waals surface area contributed by atoms with Crippen LogP contribution in [0.1, 0.15) is 12.0 Å². The van der Waals surface area contributed by atoms with Gasteiger partial charge in [0, 0.05) is 24.3 Å². The molecule has 2 N–H and O–H groups in total. The standard InChI is InChI=1S/C14H14N2O5/c17-10-6-12-13(18)11(14(19)15(12)7-10)5-8-1-3-9(4-2-8)16(20)21/h1-5,10,12-13,17-18H,6-7H2/b11-5+/t10-,12-,13+/m1/s1. The van der Waals surface area contributed by atoms with Crippen LogP contribution < -0.4 is 0 Å². The van der Waals surface area contributed by atoms with Crippen molar-refractivity contribution in [2.24, 2.45) is 0 Å². The van der Waals surface area contributed by atoms with Gasteiger partial charge in [0.2, 0.25) is 0 Å². The fourth-order valence-corrected chi connectivity index (χ4v) is 2.89. The summed E-state index contributed by atoms with van der Waals surface area (Å²) in [6, 6.07) is 5.38. The summed E-state index contributed by atoms with van der Waals surface area (Å²) in [4.78, 5) is 23.8. The number of hydrogen-bond acceptors (Lipinski definition) is 5. The molecule has 110 valence electrons. The molecule has 1 amide bonds. The lowest BCUT2D eigenvalue weighted by Gasteiger charge is -2.14. The number of non-ortho nitro benzene ring substituents is 1. The average molecular weight is 290 g/mol. The highest BCUT2D eigenvalue weighted by Crippen LogP contribution is 2.33. The van der Waals surface area contributed by atoms with Crippen LogP contribution in [0.4, 0.5) is 5.69 Å². The zero-order chi connectivity index (χ0) is 15.1. The SMILES string of the molecule is O=C1/C(=C/c2ccc([N+](=O)[O-])cc2)[C@H](O)[C@H]2C[C@@H](O)CN12. The first-order chi connectivity index (χ1) is 9.97. The maximum atomic E-state index is 12.2. The number of nitro benzene ring substituents is 1. The highest BCUT2D eigenvalue weighted by molar-refractivity contribution is 6.02. The van der Waals surface area contributed by atoms with Crippen molar-refractivity contribution < 1.29 is 19.9 Å². The summed E-state index contributed by atoms with van der Waals surface area (Å²) in [6.07, 6.45) is 0.380. The number of hydrogen-bond donors (Lipinski definition) is 2. The Morgan fingerprint density at radius 3 is 2.52 bits per heavy atom. The van der Waals surface area contributed by atoms with E-state index in [-0.39, 0.29) is 29.8 Å². The van der Waals surface area contributed by atoms with E-state index >= 15 is 0 Å². The molecule has 21 heavy (non-hydrogen) atoms. The van der Waals surface area contributed by atoms with Gasteiger partial charge in [-0.1, -0.05) is 0 Å². The minimum atomic E-state index is -0.940. The molecule has 2 saturated heterocycles. The first-order valence-electron chi connectivity index (χ1n) is 6.60. The number of benzene rings is 1. The molecule has 0 unspecified atom stereocenters. The molecule has 7 nitrogen and oxygen atoms in total. The third-order valence-corrected chi connectivity index (χ3v) is 3.94. The minimum Gasteiger partial charge on any atom is -0.391 e. The van der Waals surface area contributed by atoms with Gasteiger partial charge in [-0.25, -0.2) is 0 Å². The van der Waals surface area contributed by atoms with Crippen molar-refractivity contribution in [2.45, 2.75) is 24.7 Å². The second-order valence-electron chi connectivity index (χ2n) is 5.31. The molecule has 0 radical (unpaired) electrons. The molecule has 7 heteroatoms. The third kappa shape index (κ3) is 2.30. The average Bonchev–Trinajstić information content (AvgIpc) is 2.93. The summed E-state index contributed by atoms with van der Waals surface area (Å²) < 4.78 is 0. The topological polar surface area (TPSA) is 104 Å². The molecule has 2 heterocycles. The van der Waals surface area contributed by atoms with E-state index in [4.69, 9.17) is 0 Å². The summed E-state index contributed by atoms with van der Waals surface area (Å²) in [7, 11) is 0. The lowest BCUT2D eigenvalue weighted by atomic mass is 10.0. The molecule has 0 bridgehead atoms. The number of nitrogens with zero attached hydrogens (tertiary/aromatic N) is 2. The number of fused-ring (bicyclic) bond motifs is 1. The highest BCUT2D eigenvalue weighted by atomic mass is 16.6. The van der Waals surface area contributed by atoms with Crippen LogP contribution in [0, 0.1) is 10.1 Å². The van der Waals surface area contributed by atoms with Crippen LogP contribution in [-0.2, 0) is 4.79 Å². The Morgan fingerprint density at radius 2 is 1.95 bits per heavy atom. The Morgan fingerprint density at radius 1 is 1.29 bits per heavy atom. The summed E-state index contributed by atoms with van der Waals surface area (Å²) in [6.45, 7) is 0.234. The number of aliphatic hydroxyl groups is 2. The fraction of sp³-hybridized carbons (Fsp3) is 0.357. The molecule has 2 fully saturated rings. The van der Waals surface area contributed by atoms with Gasteiger partial charge in [-0.15, -0.1) is 0 Å². The molecule has 0 spiro atoms. The maximum absolute atomic E-state index is 12.2. The lowest BCUT2D eigenvalue weighted by molar-refractivity contribution is -0.384. The van der Waals surface area contributed by atoms with Crippen molar-refractivity contribution in [3.05, 3.63) is 45.5 Å². The summed E-state index contributed by atoms with van der Waals surface area (Å²) in [5.74, 6) is -0.289. The van der Waals surface area contributed by atoms with Crippen LogP contribution in [0.5, 0.6) is 0 Å². The zero-order valence-corrected chi connectivity index (χ0v) is 11.0. The number of rotatable bonds is 2. The predicted octanol–water partition coefficient (Wildman–Crippen LogP) is 0.314. The van der Waals surface area contributed by atoms with E-state index in [9.17, 15) is 25.1 Å². The van der Waals surface area contributed by atoms with Crippen LogP contribution in [0.25, 0.3) is 6.08 Å². The summed E-state index contributed by atoms with van der Waals surface area (Å²) in [5, 5.41) is 30.3. The molecular weight excluding hydrogens is 276 g/mol. The van der Waals surface area contributed by atoms with Gasteiger partial charge in [0.15, 0.2) is 0 Å². The van der Waals surface area contributed by atoms with Gasteiger partial charge < -0.3 is 15.1 Å². The zero-order valence-electron chi connectivity index (χ0n) is 11.0. The molecule has 1 aromatic rings. The Kier molecular flexibility index (Phi) is 3.23. The van der Waals surface area contributed by atoms with E-state index in [0.29, 0.717) is 12.0 Å². The predicted molar refractivity (Wildman–Crippen MR) is 73.2 cm³/mol. The molecule has 0 saturated carbocycles. The van der Waals surface area contributed by atoms with Crippen molar-refractivity contribution in [1.29, 1.82) is 0 Å². The van der Waals surface area contributed by atoms with E-state index < -0.39 is 17.1 Å². The normalized spacial score (nSPS) is 30.0. The van der Waals surface area contributed by atoms with Gasteiger partial charge in [-0.3, -0.25) is 14.9 Å². The first-order valence-corrected chi connectivity index (χ1v) is 6.60. The van der Waals surface area contributed by atoms with Gasteiger partial charge in [-0.2, -0.15) is 0 Å². The van der Waals surface area contributed by atoms with Crippen molar-refractivity contribution in [3.63, 3.8) is 0 Å². The number of carbonyl (C=O) groups excluding carboxylic acids is 1. The van der Waals surface area contributed by atoms with Gasteiger partial charge in [0.25, 0.3) is 11.6 Å². The van der Waals surface area contributed by atoms with Gasteiger partial charge in [-0.05, 0) is 30.2 Å². The minimum absolute atomic E-state index is 0.0285. The maximum Gasteiger partial charge on any atom is 0.269 e. The van der Waals surface area contributed by atoms with Crippen LogP contribution in [0.15, 0.2) is 29.8 Å². The van der Waals surface area contributed by atoms with Crippen molar-refractivity contribution >= 4 is 17.7 Å². The second kappa shape index (κ2) is 4.94. The molecule has 0 aliphatic carbocycles. The molecule has 3 atom stereocenters. The largest absolute Gasteiger partial charge is 0.391 e. The van der Waals surface area contributed by atoms with Crippen molar-refractivity contribution in [2.75, 3.05) is 6.54 Å². The van der Waals surface area contributed by atoms with E-state index in [1.807, 2.05) is 0 Å². The molecule has 2 aliphatic rings. The second-order valence-corrected chi connectivity index (χ2v) is 5.31. The van der Waals surface area contributed by atoms with Crippen molar-refractivity contribution in [3.8, 4) is 0 Å². The number of aliphatic hydroxyl groups excluding tert-OH is 2. The van der Waals surface area contributed by atoms with Crippen LogP contribution in [0.3, 0.4) is 0 Å². The van der Waals surface area contributed by atoms with E-state index in [0.717, 1.165) is 0 Å². The van der Waals surface area contributed by atoms with Gasteiger partial charge in [0.05, 0.1) is 17.1 Å². The van der Waals surface area contributed by atoms with Crippen LogP contribution >= 0.6 is 0 Å². The highest BCUT2D eigenvalue weighted by Gasteiger charge is 2.48. The third-order valence-electron chi connectivity index (χ3n) is 3.94. The first kappa shape index (κ1) is 13.7. The van der Waals surface area contributed by atoms with E-state index in [1.54, 1.807) is 6.08 Å². The Bertz CT molecular complexity index is 625. The molecule has 3 rings (SSSR count). The Labute approximate surface area is 120 Å². The molecule has 1 aromatic carbocycles. The lowest BCUT2D eigenvalue weighted by Crippen LogP contribution is -2.30. The van der Waals surface area contributed by atoms with Gasteiger partial charge in [0.1, 0.15) is 6.10 Å². The van der Waals surface area contributed by atoms with Crippen LogP contribution in [-0.4, -0.2) is 50.7 Å². The molecular formula is C14H14N2O5. The smallest absolute Gasteiger partial charge is 0.269 e. The Hall–Kier alpha value is -2.25. The number of amides is 1. The summed E-state index contributed by atoms with van der Waals surface area (Å²) >= 11 is 0. The van der Waals surface area contributed by atoms with E-state index in [2.05, 4.69) is 0 Å². The fourth-order valence-electron chi connectivity index (χ4n) is 2.89. The van der Waals surface area contributed by atoms with Crippen molar-refractivity contribution in [1.82, 2.24) is 4.90 Å². The molecule has 0 aromatic heterocycles. The monoisotopic (exact) mass is 290 g/mol. The number of nitro groups is 1.